The number of nitrogens with one attached hydrogen (secondary N) is 2. The molecule has 0 fully saturated rings. The average Bonchev–Trinajstić information content (AvgIpc) is 3.17. The zero-order valence-electron chi connectivity index (χ0n) is 14.8. The fourth-order valence-corrected chi connectivity index (χ4v) is 3.04. The maximum absolute atomic E-state index is 12.3. The smallest absolute Gasteiger partial charge is 0.251 e. The summed E-state index contributed by atoms with van der Waals surface area (Å²) in [5.41, 5.74) is 1.34. The van der Waals surface area contributed by atoms with Crippen LogP contribution in [0.15, 0.2) is 54.6 Å². The van der Waals surface area contributed by atoms with Crippen molar-refractivity contribution in [1.29, 1.82) is 0 Å². The third-order valence-corrected chi connectivity index (χ3v) is 4.64. The summed E-state index contributed by atoms with van der Waals surface area (Å²) in [6.07, 6.45) is 0. The number of hydrogen-bond acceptors (Lipinski definition) is 6. The van der Waals surface area contributed by atoms with Crippen molar-refractivity contribution in [3.05, 3.63) is 60.2 Å². The molecule has 3 aromatic rings. The minimum absolute atomic E-state index is 0.312. The number of hydrogen-bond donors (Lipinski definition) is 2. The lowest BCUT2D eigenvalue weighted by molar-refractivity contribution is -0.117. The van der Waals surface area contributed by atoms with Gasteiger partial charge < -0.3 is 10.1 Å². The lowest BCUT2D eigenvalue weighted by Crippen LogP contribution is -2.41. The Hall–Kier alpha value is -3.26. The molecule has 1 aromatic heterocycles. The standard InChI is InChI=1S/C19H18N4O3S/c1-12(20-17(25)13-7-4-3-5-8-13)16(24)21-19-23-22-18(27-19)14-9-6-10-15(11-14)26-2/h3-12H,1-2H3,(H,20,25)(H,21,23,24)/t12-/m1/s1. The molecule has 0 bridgehead atoms. The molecule has 0 saturated carbocycles. The fourth-order valence-electron chi connectivity index (χ4n) is 2.30. The number of methoxy groups -OCH3 is 1. The van der Waals surface area contributed by atoms with E-state index in [1.165, 1.54) is 11.3 Å². The summed E-state index contributed by atoms with van der Waals surface area (Å²) in [6, 6.07) is 15.4. The zero-order valence-corrected chi connectivity index (χ0v) is 15.6. The van der Waals surface area contributed by atoms with Gasteiger partial charge in [0, 0.05) is 11.1 Å². The van der Waals surface area contributed by atoms with E-state index in [4.69, 9.17) is 4.74 Å². The lowest BCUT2D eigenvalue weighted by Gasteiger charge is -2.12. The number of carbonyl (C=O) groups is 2. The van der Waals surface area contributed by atoms with Crippen LogP contribution in [0.3, 0.4) is 0 Å². The summed E-state index contributed by atoms with van der Waals surface area (Å²) in [5, 5.41) is 14.4. The Labute approximate surface area is 160 Å². The van der Waals surface area contributed by atoms with Crippen LogP contribution in [0, 0.1) is 0 Å². The van der Waals surface area contributed by atoms with Gasteiger partial charge in [0.1, 0.15) is 16.8 Å². The Bertz CT molecular complexity index is 943. The molecular weight excluding hydrogens is 364 g/mol. The molecule has 2 amide bonds. The average molecular weight is 382 g/mol. The summed E-state index contributed by atoms with van der Waals surface area (Å²) in [5.74, 6) is 0.0331. The van der Waals surface area contributed by atoms with Gasteiger partial charge in [0.2, 0.25) is 11.0 Å². The Balaban J connectivity index is 1.62. The molecular formula is C19H18N4O3S. The highest BCUT2D eigenvalue weighted by Gasteiger charge is 2.18. The Kier molecular flexibility index (Phi) is 5.77. The molecule has 1 atom stereocenters. The van der Waals surface area contributed by atoms with E-state index in [1.54, 1.807) is 38.3 Å². The van der Waals surface area contributed by atoms with Gasteiger partial charge in [-0.15, -0.1) is 10.2 Å². The molecule has 0 unspecified atom stereocenters. The van der Waals surface area contributed by atoms with Gasteiger partial charge in [-0.25, -0.2) is 0 Å². The number of benzene rings is 2. The van der Waals surface area contributed by atoms with Crippen LogP contribution in [0.4, 0.5) is 5.13 Å². The molecule has 1 heterocycles. The highest BCUT2D eigenvalue weighted by molar-refractivity contribution is 7.18. The molecule has 0 spiro atoms. The number of rotatable bonds is 6. The van der Waals surface area contributed by atoms with Gasteiger partial charge in [-0.05, 0) is 31.2 Å². The second-order valence-electron chi connectivity index (χ2n) is 5.69. The van der Waals surface area contributed by atoms with Gasteiger partial charge in [0.15, 0.2) is 0 Å². The predicted molar refractivity (Wildman–Crippen MR) is 104 cm³/mol. The van der Waals surface area contributed by atoms with Crippen LogP contribution in [0.25, 0.3) is 10.6 Å². The van der Waals surface area contributed by atoms with Crippen LogP contribution < -0.4 is 15.4 Å². The third-order valence-electron chi connectivity index (χ3n) is 3.75. The van der Waals surface area contributed by atoms with Crippen molar-refractivity contribution in [3.8, 4) is 16.3 Å². The largest absolute Gasteiger partial charge is 0.497 e. The molecule has 3 rings (SSSR count). The fraction of sp³-hybridized carbons (Fsp3) is 0.158. The molecule has 2 aromatic carbocycles. The van der Waals surface area contributed by atoms with Crippen molar-refractivity contribution in [3.63, 3.8) is 0 Å². The van der Waals surface area contributed by atoms with E-state index < -0.39 is 6.04 Å². The molecule has 0 radical (unpaired) electrons. The Morgan fingerprint density at radius 2 is 1.85 bits per heavy atom. The normalized spacial score (nSPS) is 11.5. The molecule has 27 heavy (non-hydrogen) atoms. The van der Waals surface area contributed by atoms with E-state index in [-0.39, 0.29) is 11.8 Å². The maximum Gasteiger partial charge on any atom is 0.251 e. The summed E-state index contributed by atoms with van der Waals surface area (Å²) < 4.78 is 5.20. The second-order valence-corrected chi connectivity index (χ2v) is 6.67. The molecule has 0 aliphatic heterocycles. The van der Waals surface area contributed by atoms with Crippen LogP contribution in [-0.2, 0) is 4.79 Å². The SMILES string of the molecule is COc1cccc(-c2nnc(NC(=O)[C@@H](C)NC(=O)c3ccccc3)s2)c1. The summed E-state index contributed by atoms with van der Waals surface area (Å²) in [4.78, 5) is 24.5. The van der Waals surface area contributed by atoms with E-state index in [0.717, 1.165) is 5.56 Å². The highest BCUT2D eigenvalue weighted by atomic mass is 32.1. The summed E-state index contributed by atoms with van der Waals surface area (Å²) in [7, 11) is 1.59. The van der Waals surface area contributed by atoms with Crippen molar-refractivity contribution < 1.29 is 14.3 Å². The van der Waals surface area contributed by atoms with Crippen molar-refractivity contribution in [2.45, 2.75) is 13.0 Å². The first-order chi connectivity index (χ1) is 13.1. The van der Waals surface area contributed by atoms with Gasteiger partial charge in [-0.3, -0.25) is 14.9 Å². The molecule has 0 aliphatic rings. The highest BCUT2D eigenvalue weighted by Crippen LogP contribution is 2.28. The number of aromatic nitrogens is 2. The van der Waals surface area contributed by atoms with Crippen LogP contribution in [0.1, 0.15) is 17.3 Å². The number of ether oxygens (including phenoxy) is 1. The van der Waals surface area contributed by atoms with Gasteiger partial charge in [-0.2, -0.15) is 0 Å². The van der Waals surface area contributed by atoms with E-state index in [2.05, 4.69) is 20.8 Å². The topological polar surface area (TPSA) is 93.2 Å². The van der Waals surface area contributed by atoms with Gasteiger partial charge in [-0.1, -0.05) is 41.7 Å². The van der Waals surface area contributed by atoms with Gasteiger partial charge >= 0.3 is 0 Å². The van der Waals surface area contributed by atoms with Crippen LogP contribution in [0.5, 0.6) is 5.75 Å². The van der Waals surface area contributed by atoms with Crippen molar-refractivity contribution in [2.24, 2.45) is 0 Å². The first-order valence-corrected chi connectivity index (χ1v) is 9.03. The number of amides is 2. The van der Waals surface area contributed by atoms with E-state index >= 15 is 0 Å². The lowest BCUT2D eigenvalue weighted by atomic mass is 10.2. The minimum atomic E-state index is -0.720. The Morgan fingerprint density at radius 1 is 1.07 bits per heavy atom. The zero-order chi connectivity index (χ0) is 19.2. The number of carbonyl (C=O) groups excluding carboxylic acids is 2. The number of nitrogens with zero attached hydrogens (tertiary/aromatic N) is 2. The first kappa shape index (κ1) is 18.5. The van der Waals surface area contributed by atoms with Gasteiger partial charge in [0.05, 0.1) is 7.11 Å². The quantitative estimate of drug-likeness (QED) is 0.684. The minimum Gasteiger partial charge on any atom is -0.497 e. The molecule has 8 heteroatoms. The monoisotopic (exact) mass is 382 g/mol. The predicted octanol–water partition coefficient (Wildman–Crippen LogP) is 2.97. The Morgan fingerprint density at radius 3 is 2.59 bits per heavy atom. The molecule has 138 valence electrons. The molecule has 0 aliphatic carbocycles. The van der Waals surface area contributed by atoms with E-state index in [9.17, 15) is 9.59 Å². The van der Waals surface area contributed by atoms with E-state index in [1.807, 2.05) is 30.3 Å². The van der Waals surface area contributed by atoms with Crippen LogP contribution >= 0.6 is 11.3 Å². The first-order valence-electron chi connectivity index (χ1n) is 8.21. The number of anilines is 1. The van der Waals surface area contributed by atoms with Crippen molar-refractivity contribution in [1.82, 2.24) is 15.5 Å². The summed E-state index contributed by atoms with van der Waals surface area (Å²) in [6.45, 7) is 1.61. The molecule has 7 nitrogen and oxygen atoms in total. The van der Waals surface area contributed by atoms with Crippen LogP contribution in [0.2, 0.25) is 0 Å². The second kappa shape index (κ2) is 8.41. The molecule has 2 N–H and O–H groups in total. The van der Waals surface area contributed by atoms with Crippen molar-refractivity contribution in [2.75, 3.05) is 12.4 Å². The summed E-state index contributed by atoms with van der Waals surface area (Å²) >= 11 is 1.24. The molecule has 0 saturated heterocycles. The van der Waals surface area contributed by atoms with Crippen molar-refractivity contribution >= 4 is 28.3 Å². The maximum atomic E-state index is 12.3. The third kappa shape index (κ3) is 4.68. The van der Waals surface area contributed by atoms with E-state index in [0.29, 0.717) is 21.5 Å². The van der Waals surface area contributed by atoms with Gasteiger partial charge in [0.25, 0.3) is 5.91 Å². The van der Waals surface area contributed by atoms with Crippen LogP contribution in [-0.4, -0.2) is 35.2 Å².